The number of pyridine rings is 1. The number of aromatic amines is 1. The monoisotopic (exact) mass is 476 g/mol. The number of amides is 2. The Hall–Kier alpha value is -3.69. The minimum absolute atomic E-state index is 0.142. The van der Waals surface area contributed by atoms with Crippen LogP contribution in [0.2, 0.25) is 0 Å². The summed E-state index contributed by atoms with van der Waals surface area (Å²) in [6.07, 6.45) is 4.67. The number of carbonyl (C=O) groups excluding carboxylic acids is 2. The van der Waals surface area contributed by atoms with E-state index in [-0.39, 0.29) is 23.7 Å². The quantitative estimate of drug-likeness (QED) is 0.430. The van der Waals surface area contributed by atoms with Crippen LogP contribution in [0.25, 0.3) is 17.0 Å². The van der Waals surface area contributed by atoms with Crippen molar-refractivity contribution in [2.75, 3.05) is 52.2 Å². The molecule has 3 aromatic rings. The molecule has 4 rings (SSSR count). The van der Waals surface area contributed by atoms with Gasteiger partial charge in [0.05, 0.1) is 24.8 Å². The minimum Gasteiger partial charge on any atom is -0.383 e. The zero-order valence-electron chi connectivity index (χ0n) is 20.2. The SMILES string of the molecule is CC(c1cc2ccccc2[nH]1)N(C)C(=O)/C=C/c1cnc(N)c(C(=O)NCCN2CCOCC2)c1. The first-order valence-electron chi connectivity index (χ1n) is 11.8. The molecule has 35 heavy (non-hydrogen) atoms. The van der Waals surface area contributed by atoms with Crippen LogP contribution in [-0.2, 0) is 9.53 Å². The Morgan fingerprint density at radius 3 is 2.83 bits per heavy atom. The molecule has 4 N–H and O–H groups in total. The van der Waals surface area contributed by atoms with Crippen molar-refractivity contribution >= 4 is 34.6 Å². The largest absolute Gasteiger partial charge is 0.383 e. The van der Waals surface area contributed by atoms with Crippen molar-refractivity contribution in [1.29, 1.82) is 0 Å². The minimum atomic E-state index is -0.283. The zero-order chi connectivity index (χ0) is 24.8. The molecule has 9 heteroatoms. The first-order valence-corrected chi connectivity index (χ1v) is 11.8. The maximum Gasteiger partial charge on any atom is 0.255 e. The molecule has 1 aliphatic heterocycles. The predicted molar refractivity (Wildman–Crippen MR) is 137 cm³/mol. The Morgan fingerprint density at radius 2 is 2.06 bits per heavy atom. The normalized spacial score (nSPS) is 15.4. The number of carbonyl (C=O) groups is 2. The lowest BCUT2D eigenvalue weighted by Gasteiger charge is -2.26. The standard InChI is InChI=1S/C26H32N6O3/c1-18(23-16-20-5-3-4-6-22(20)30-23)31(2)24(33)8-7-19-15-21(25(27)29-17-19)26(34)28-9-10-32-11-13-35-14-12-32/h3-8,15-18,30H,9-14H2,1-2H3,(H2,27,29)(H,28,34)/b8-7+. The van der Waals surface area contributed by atoms with Gasteiger partial charge >= 0.3 is 0 Å². The summed E-state index contributed by atoms with van der Waals surface area (Å²) in [5.74, 6) is -0.291. The van der Waals surface area contributed by atoms with Gasteiger partial charge in [-0.1, -0.05) is 18.2 Å². The number of likely N-dealkylation sites (N-methyl/N-ethyl adjacent to an activating group) is 1. The highest BCUT2D eigenvalue weighted by atomic mass is 16.5. The maximum atomic E-state index is 12.8. The lowest BCUT2D eigenvalue weighted by molar-refractivity contribution is -0.126. The molecule has 1 fully saturated rings. The van der Waals surface area contributed by atoms with Crippen molar-refractivity contribution in [1.82, 2.24) is 25.1 Å². The number of H-pyrrole nitrogens is 1. The Kier molecular flexibility index (Phi) is 7.79. The van der Waals surface area contributed by atoms with Gasteiger partial charge in [0.2, 0.25) is 5.91 Å². The second kappa shape index (κ2) is 11.2. The highest BCUT2D eigenvalue weighted by molar-refractivity contribution is 5.99. The van der Waals surface area contributed by atoms with E-state index in [4.69, 9.17) is 10.5 Å². The number of aromatic nitrogens is 2. The molecule has 0 saturated carbocycles. The number of nitrogens with one attached hydrogen (secondary N) is 2. The lowest BCUT2D eigenvalue weighted by atomic mass is 10.1. The molecule has 0 radical (unpaired) electrons. The number of nitrogens with two attached hydrogens (primary N) is 1. The van der Waals surface area contributed by atoms with Gasteiger partial charge in [0.1, 0.15) is 5.82 Å². The summed E-state index contributed by atoms with van der Waals surface area (Å²) in [7, 11) is 1.76. The lowest BCUT2D eigenvalue weighted by Crippen LogP contribution is -2.41. The van der Waals surface area contributed by atoms with E-state index in [0.717, 1.165) is 36.2 Å². The second-order valence-electron chi connectivity index (χ2n) is 8.68. The zero-order valence-corrected chi connectivity index (χ0v) is 20.2. The molecule has 1 atom stereocenters. The maximum absolute atomic E-state index is 12.8. The molecule has 1 aromatic carbocycles. The number of nitrogens with zero attached hydrogens (tertiary/aromatic N) is 3. The van der Waals surface area contributed by atoms with Gasteiger partial charge in [-0.15, -0.1) is 0 Å². The summed E-state index contributed by atoms with van der Waals surface area (Å²) >= 11 is 0. The van der Waals surface area contributed by atoms with Gasteiger partial charge in [-0.05, 0) is 42.1 Å². The Labute approximate surface area is 204 Å². The van der Waals surface area contributed by atoms with Crippen LogP contribution in [-0.4, -0.2) is 78.0 Å². The Balaban J connectivity index is 1.36. The number of rotatable bonds is 8. The van der Waals surface area contributed by atoms with Gasteiger partial charge in [-0.25, -0.2) is 4.98 Å². The number of hydrogen-bond acceptors (Lipinski definition) is 6. The number of nitrogen functional groups attached to an aromatic ring is 1. The molecule has 0 spiro atoms. The summed E-state index contributed by atoms with van der Waals surface area (Å²) < 4.78 is 5.34. The molecule has 184 valence electrons. The number of anilines is 1. The highest BCUT2D eigenvalue weighted by Gasteiger charge is 2.18. The van der Waals surface area contributed by atoms with Crippen molar-refractivity contribution in [2.24, 2.45) is 0 Å². The van der Waals surface area contributed by atoms with E-state index >= 15 is 0 Å². The van der Waals surface area contributed by atoms with Crippen molar-refractivity contribution in [2.45, 2.75) is 13.0 Å². The van der Waals surface area contributed by atoms with Crippen molar-refractivity contribution < 1.29 is 14.3 Å². The fourth-order valence-electron chi connectivity index (χ4n) is 4.02. The average molecular weight is 477 g/mol. The topological polar surface area (TPSA) is 117 Å². The predicted octanol–water partition coefficient (Wildman–Crippen LogP) is 2.44. The van der Waals surface area contributed by atoms with E-state index in [0.29, 0.717) is 30.9 Å². The van der Waals surface area contributed by atoms with Crippen LogP contribution in [0.4, 0.5) is 5.82 Å². The van der Waals surface area contributed by atoms with E-state index in [9.17, 15) is 9.59 Å². The average Bonchev–Trinajstić information content (AvgIpc) is 3.32. The van der Waals surface area contributed by atoms with Gasteiger partial charge < -0.3 is 25.7 Å². The van der Waals surface area contributed by atoms with Gasteiger partial charge in [0.25, 0.3) is 5.91 Å². The number of fused-ring (bicyclic) bond motifs is 1. The van der Waals surface area contributed by atoms with Crippen LogP contribution >= 0.6 is 0 Å². The molecular weight excluding hydrogens is 444 g/mol. The fraction of sp³-hybridized carbons (Fsp3) is 0.346. The summed E-state index contributed by atoms with van der Waals surface area (Å²) in [5.41, 5.74) is 8.85. The molecule has 0 aliphatic carbocycles. The third kappa shape index (κ3) is 6.06. The number of ether oxygens (including phenoxy) is 1. The van der Waals surface area contributed by atoms with E-state index in [2.05, 4.69) is 26.3 Å². The van der Waals surface area contributed by atoms with Gasteiger partial charge in [0.15, 0.2) is 0 Å². The van der Waals surface area contributed by atoms with Gasteiger partial charge in [0, 0.05) is 56.7 Å². The summed E-state index contributed by atoms with van der Waals surface area (Å²) in [6, 6.07) is 11.6. The van der Waals surface area contributed by atoms with Crippen LogP contribution in [0, 0.1) is 0 Å². The van der Waals surface area contributed by atoms with Crippen LogP contribution in [0.1, 0.15) is 34.6 Å². The van der Waals surface area contributed by atoms with E-state index < -0.39 is 0 Å². The first kappa shape index (κ1) is 24.4. The van der Waals surface area contributed by atoms with E-state index in [1.165, 1.54) is 6.08 Å². The van der Waals surface area contributed by atoms with Crippen molar-refractivity contribution in [3.8, 4) is 0 Å². The number of para-hydroxylation sites is 1. The molecule has 0 bridgehead atoms. The third-order valence-corrected chi connectivity index (χ3v) is 6.35. The third-order valence-electron chi connectivity index (χ3n) is 6.35. The Morgan fingerprint density at radius 1 is 1.29 bits per heavy atom. The molecular formula is C26H32N6O3. The number of hydrogen-bond donors (Lipinski definition) is 3. The van der Waals surface area contributed by atoms with Crippen LogP contribution in [0.3, 0.4) is 0 Å². The molecule has 3 heterocycles. The molecule has 1 aliphatic rings. The smallest absolute Gasteiger partial charge is 0.255 e. The summed E-state index contributed by atoms with van der Waals surface area (Å²) in [6.45, 7) is 6.38. The molecule has 1 unspecified atom stereocenters. The summed E-state index contributed by atoms with van der Waals surface area (Å²) in [5, 5.41) is 4.00. The van der Waals surface area contributed by atoms with Gasteiger partial charge in [-0.2, -0.15) is 0 Å². The molecule has 2 aromatic heterocycles. The van der Waals surface area contributed by atoms with E-state index in [1.54, 1.807) is 30.3 Å². The van der Waals surface area contributed by atoms with Crippen LogP contribution in [0.15, 0.2) is 48.7 Å². The van der Waals surface area contributed by atoms with Gasteiger partial charge in [-0.3, -0.25) is 14.5 Å². The molecule has 1 saturated heterocycles. The van der Waals surface area contributed by atoms with Crippen molar-refractivity contribution in [3.05, 3.63) is 65.5 Å². The van der Waals surface area contributed by atoms with Crippen molar-refractivity contribution in [3.63, 3.8) is 0 Å². The molecule has 2 amide bonds. The fourth-order valence-corrected chi connectivity index (χ4v) is 4.02. The van der Waals surface area contributed by atoms with Crippen LogP contribution < -0.4 is 11.1 Å². The summed E-state index contributed by atoms with van der Waals surface area (Å²) in [4.78, 5) is 36.9. The first-order chi connectivity index (χ1) is 16.9. The number of morpholine rings is 1. The second-order valence-corrected chi connectivity index (χ2v) is 8.68. The Bertz CT molecular complexity index is 1180. The van der Waals surface area contributed by atoms with Crippen LogP contribution in [0.5, 0.6) is 0 Å². The number of benzene rings is 1. The highest BCUT2D eigenvalue weighted by Crippen LogP contribution is 2.23. The molecule has 9 nitrogen and oxygen atoms in total. The van der Waals surface area contributed by atoms with E-state index in [1.807, 2.05) is 31.2 Å².